The molecule has 1 fully saturated rings. The zero-order chi connectivity index (χ0) is 63.1. The number of ketones is 3. The molecular formula is C58H99N13O13. The monoisotopic (exact) mass is 1190 g/mol. The molecule has 0 spiro atoms. The lowest BCUT2D eigenvalue weighted by Crippen LogP contribution is -2.60. The van der Waals surface area contributed by atoms with E-state index in [2.05, 4.69) is 56.4 Å². The summed E-state index contributed by atoms with van der Waals surface area (Å²) in [5.74, 6) is -11.7. The van der Waals surface area contributed by atoms with E-state index in [1.54, 1.807) is 44.2 Å². The van der Waals surface area contributed by atoms with Gasteiger partial charge in [0, 0.05) is 50.5 Å². The minimum Gasteiger partial charge on any atom is -0.393 e. The van der Waals surface area contributed by atoms with Gasteiger partial charge < -0.3 is 81.4 Å². The Morgan fingerprint density at radius 2 is 1.10 bits per heavy atom. The number of benzene rings is 1. The van der Waals surface area contributed by atoms with Gasteiger partial charge in [0.15, 0.2) is 11.6 Å². The van der Waals surface area contributed by atoms with Crippen molar-refractivity contribution in [1.29, 1.82) is 0 Å². The van der Waals surface area contributed by atoms with E-state index in [1.165, 1.54) is 13.8 Å². The summed E-state index contributed by atoms with van der Waals surface area (Å²) in [6.07, 6.45) is -2.46. The van der Waals surface area contributed by atoms with Gasteiger partial charge in [0.2, 0.25) is 47.3 Å². The lowest BCUT2D eigenvalue weighted by atomic mass is 9.91. The maximum atomic E-state index is 14.6. The molecule has 0 aromatic heterocycles. The van der Waals surface area contributed by atoms with E-state index in [4.69, 9.17) is 28.7 Å². The quantitative estimate of drug-likeness (QED) is 0.0358. The molecule has 0 saturated carbocycles. The molecule has 26 heteroatoms. The van der Waals surface area contributed by atoms with Crippen molar-refractivity contribution in [1.82, 2.24) is 42.5 Å². The van der Waals surface area contributed by atoms with E-state index in [0.717, 1.165) is 12.8 Å². The molecule has 1 aliphatic heterocycles. The number of hydrogen-bond donors (Lipinski definition) is 15. The molecule has 8 amide bonds. The number of unbranched alkanes of at least 4 members (excludes halogenated alkanes) is 1. The standard InChI is InChI=1S/C58H99N13O13/c1-33(2)12-10-11-15-40(74)30-38(16-22-59)52(78)71-50(36(6)73)49(76)31-39(17-23-60)51(77)66-45-21-27-64-53(79)41(35(5)72)32-48(75)42(18-24-61)65-54(80)43(19-25-62)68-57(83)46(28-34(3)4)69-58(84)47(29-37-13-8-7-9-14-37)70-55(81)44(20-26-63)67-56(45)82/h7-9,13-14,33-36,38-39,41-47,50,72-73H,10-12,15-32,59-63H2,1-6H3,(H,64,79)(H,65,80)(H,66,77)(H,67,82)(H,68,83)(H,69,84)(H,70,81)(H,71,78)/t35-,36-,38-,39-,41+,42+,43+,44-,45+,46+,47-,50+/m1/s1. The van der Waals surface area contributed by atoms with Crippen molar-refractivity contribution >= 4 is 64.6 Å². The first-order valence-corrected chi connectivity index (χ1v) is 29.7. The molecule has 0 unspecified atom stereocenters. The average molecular weight is 1190 g/mol. The second-order valence-corrected chi connectivity index (χ2v) is 22.8. The Bertz CT molecular complexity index is 2290. The van der Waals surface area contributed by atoms with Gasteiger partial charge in [-0.25, -0.2) is 0 Å². The van der Waals surface area contributed by atoms with Crippen LogP contribution in [0.2, 0.25) is 0 Å². The molecule has 0 radical (unpaired) electrons. The predicted octanol–water partition coefficient (Wildman–Crippen LogP) is -2.36. The molecule has 20 N–H and O–H groups in total. The number of carbonyl (C=O) groups excluding carboxylic acids is 11. The highest BCUT2D eigenvalue weighted by molar-refractivity contribution is 5.99. The highest BCUT2D eigenvalue weighted by Gasteiger charge is 2.38. The van der Waals surface area contributed by atoms with E-state index >= 15 is 0 Å². The Hall–Kier alpha value is -6.29. The van der Waals surface area contributed by atoms with Gasteiger partial charge in [-0.15, -0.1) is 0 Å². The molecular weight excluding hydrogens is 1090 g/mol. The maximum Gasteiger partial charge on any atom is 0.243 e. The van der Waals surface area contributed by atoms with Crippen molar-refractivity contribution in [2.75, 3.05) is 39.3 Å². The first kappa shape index (κ1) is 73.8. The van der Waals surface area contributed by atoms with Crippen LogP contribution >= 0.6 is 0 Å². The molecule has 1 aliphatic rings. The maximum absolute atomic E-state index is 14.6. The minimum atomic E-state index is -1.61. The van der Waals surface area contributed by atoms with E-state index < -0.39 is 157 Å². The van der Waals surface area contributed by atoms with E-state index in [-0.39, 0.29) is 102 Å². The van der Waals surface area contributed by atoms with E-state index in [0.29, 0.717) is 17.9 Å². The van der Waals surface area contributed by atoms with Crippen LogP contribution in [0.25, 0.3) is 0 Å². The fourth-order valence-electron chi connectivity index (χ4n) is 9.76. The number of amides is 8. The fraction of sp³-hybridized carbons (Fsp3) is 0.707. The van der Waals surface area contributed by atoms with Crippen molar-refractivity contribution in [3.63, 3.8) is 0 Å². The van der Waals surface area contributed by atoms with Crippen LogP contribution in [0.4, 0.5) is 0 Å². The lowest BCUT2D eigenvalue weighted by Gasteiger charge is -2.28. The third-order valence-electron chi connectivity index (χ3n) is 14.6. The number of rotatable bonds is 30. The van der Waals surface area contributed by atoms with Gasteiger partial charge in [0.25, 0.3) is 0 Å². The molecule has 2 rings (SSSR count). The van der Waals surface area contributed by atoms with Crippen molar-refractivity contribution in [3.8, 4) is 0 Å². The van der Waals surface area contributed by atoms with Gasteiger partial charge in [0.05, 0.1) is 24.2 Å². The smallest absolute Gasteiger partial charge is 0.243 e. The van der Waals surface area contributed by atoms with Crippen molar-refractivity contribution < 1.29 is 63.0 Å². The number of aliphatic hydroxyl groups is 2. The van der Waals surface area contributed by atoms with Gasteiger partial charge >= 0.3 is 0 Å². The summed E-state index contributed by atoms with van der Waals surface area (Å²) in [5.41, 5.74) is 30.1. The third kappa shape index (κ3) is 26.7. The summed E-state index contributed by atoms with van der Waals surface area (Å²) in [5, 5.41) is 42.7. The SMILES string of the molecule is CC(C)CCCCC(=O)C[C@@H](CCN)C(=O)N[C@H](C(=O)C[C@@H](CCN)C(=O)N[C@H]1CCNC(=O)[C@H]([C@@H](C)O)CC(=O)[C@H](CCN)NC(=O)[C@H](CCN)NC(=O)[C@H](CC(C)C)NC(=O)[C@@H](Cc2ccccc2)NC(=O)[C@@H](CCN)NC1=O)[C@@H](C)O. The zero-order valence-corrected chi connectivity index (χ0v) is 50.1. The van der Waals surface area contributed by atoms with Gasteiger partial charge in [-0.1, -0.05) is 70.9 Å². The van der Waals surface area contributed by atoms with Crippen LogP contribution in [0.3, 0.4) is 0 Å². The Kier molecular flexibility index (Phi) is 34.6. The number of nitrogens with one attached hydrogen (secondary N) is 8. The molecule has 0 aliphatic carbocycles. The van der Waals surface area contributed by atoms with Crippen LogP contribution in [0.5, 0.6) is 0 Å². The summed E-state index contributed by atoms with van der Waals surface area (Å²) in [6, 6.07) is -1.30. The predicted molar refractivity (Wildman–Crippen MR) is 315 cm³/mol. The molecule has 474 valence electrons. The summed E-state index contributed by atoms with van der Waals surface area (Å²) >= 11 is 0. The highest BCUT2D eigenvalue weighted by atomic mass is 16.3. The van der Waals surface area contributed by atoms with E-state index in [1.807, 2.05) is 0 Å². The van der Waals surface area contributed by atoms with Crippen LogP contribution in [0.1, 0.15) is 137 Å². The van der Waals surface area contributed by atoms with Crippen LogP contribution in [-0.2, 0) is 59.2 Å². The molecule has 0 bridgehead atoms. The molecule has 84 heavy (non-hydrogen) atoms. The van der Waals surface area contributed by atoms with Gasteiger partial charge in [-0.3, -0.25) is 52.7 Å². The number of nitrogens with two attached hydrogens (primary N) is 5. The summed E-state index contributed by atoms with van der Waals surface area (Å²) < 4.78 is 0. The Morgan fingerprint density at radius 1 is 0.583 bits per heavy atom. The molecule has 1 aromatic carbocycles. The lowest BCUT2D eigenvalue weighted by molar-refractivity contribution is -0.137. The number of carbonyl (C=O) groups is 11. The topological polar surface area (TPSA) is 455 Å². The third-order valence-corrected chi connectivity index (χ3v) is 14.6. The number of Topliss-reactive ketones (excluding diaryl/α,β-unsaturated/α-hetero) is 3. The summed E-state index contributed by atoms with van der Waals surface area (Å²) in [6.45, 7) is 9.45. The molecule has 1 aromatic rings. The van der Waals surface area contributed by atoms with Crippen molar-refractivity contribution in [3.05, 3.63) is 35.9 Å². The van der Waals surface area contributed by atoms with Crippen LogP contribution < -0.4 is 71.2 Å². The van der Waals surface area contributed by atoms with Crippen LogP contribution in [-0.4, -0.2) is 169 Å². The molecule has 12 atom stereocenters. The van der Waals surface area contributed by atoms with Crippen LogP contribution in [0.15, 0.2) is 30.3 Å². The van der Waals surface area contributed by atoms with Crippen molar-refractivity contribution in [2.24, 2.45) is 58.3 Å². The van der Waals surface area contributed by atoms with E-state index in [9.17, 15) is 63.0 Å². The molecule has 26 nitrogen and oxygen atoms in total. The second kappa shape index (κ2) is 39.3. The number of aliphatic hydroxyl groups excluding tert-OH is 2. The normalized spacial score (nSPS) is 22.9. The molecule has 1 heterocycles. The highest BCUT2D eigenvalue weighted by Crippen LogP contribution is 2.19. The van der Waals surface area contributed by atoms with Gasteiger partial charge in [-0.05, 0) is 115 Å². The van der Waals surface area contributed by atoms with Crippen molar-refractivity contribution in [2.45, 2.75) is 192 Å². The van der Waals surface area contributed by atoms with Gasteiger partial charge in [-0.2, -0.15) is 0 Å². The first-order chi connectivity index (χ1) is 39.8. The largest absolute Gasteiger partial charge is 0.393 e. The van der Waals surface area contributed by atoms with Crippen LogP contribution in [0, 0.1) is 29.6 Å². The molecule has 1 saturated heterocycles. The summed E-state index contributed by atoms with van der Waals surface area (Å²) in [7, 11) is 0. The Labute approximate surface area is 494 Å². The Balaban J connectivity index is 2.69. The minimum absolute atomic E-state index is 0.0565. The van der Waals surface area contributed by atoms with Gasteiger partial charge in [0.1, 0.15) is 42.0 Å². The average Bonchev–Trinajstić information content (AvgIpc) is 3.63. The first-order valence-electron chi connectivity index (χ1n) is 29.7. The fourth-order valence-corrected chi connectivity index (χ4v) is 9.76. The second-order valence-electron chi connectivity index (χ2n) is 22.8. The summed E-state index contributed by atoms with van der Waals surface area (Å²) in [4.78, 5) is 154. The Morgan fingerprint density at radius 3 is 1.63 bits per heavy atom. The number of hydrogen-bond acceptors (Lipinski definition) is 18. The zero-order valence-electron chi connectivity index (χ0n) is 50.1.